The summed E-state index contributed by atoms with van der Waals surface area (Å²) in [6, 6.07) is 0. The Morgan fingerprint density at radius 2 is 2.29 bits per heavy atom. The van der Waals surface area contributed by atoms with Crippen molar-refractivity contribution in [2.45, 2.75) is 8.68 Å². The van der Waals surface area contributed by atoms with Gasteiger partial charge in [0.25, 0.3) is 0 Å². The second kappa shape index (κ2) is 7.28. The quantitative estimate of drug-likeness (QED) is 0.454. The van der Waals surface area contributed by atoms with Crippen molar-refractivity contribution in [3.8, 4) is 0 Å². The van der Waals surface area contributed by atoms with E-state index in [1.807, 2.05) is 12.3 Å². The number of aromatic nitrogens is 2. The van der Waals surface area contributed by atoms with Crippen molar-refractivity contribution >= 4 is 34.9 Å². The summed E-state index contributed by atoms with van der Waals surface area (Å²) in [5.74, 6) is 1.02. The molecule has 0 radical (unpaired) electrons. The van der Waals surface area contributed by atoms with Gasteiger partial charge in [-0.1, -0.05) is 40.9 Å². The second-order valence-corrected chi connectivity index (χ2v) is 5.75. The molecule has 1 aromatic heterocycles. The van der Waals surface area contributed by atoms with Crippen LogP contribution in [0.25, 0.3) is 0 Å². The third-order valence-electron chi connectivity index (χ3n) is 1.36. The molecule has 0 aromatic carbocycles. The molecule has 0 atom stereocenters. The van der Waals surface area contributed by atoms with Gasteiger partial charge < -0.3 is 5.32 Å². The monoisotopic (exact) mass is 247 g/mol. The molecule has 0 fully saturated rings. The van der Waals surface area contributed by atoms with E-state index in [9.17, 15) is 0 Å². The predicted molar refractivity (Wildman–Crippen MR) is 65.5 cm³/mol. The first-order valence-electron chi connectivity index (χ1n) is 4.18. The first-order chi connectivity index (χ1) is 6.86. The van der Waals surface area contributed by atoms with E-state index in [-0.39, 0.29) is 0 Å². The Kier molecular flexibility index (Phi) is 6.25. The third kappa shape index (κ3) is 4.45. The molecule has 0 saturated carbocycles. The number of rotatable bonds is 7. The van der Waals surface area contributed by atoms with E-state index >= 15 is 0 Å². The number of nitrogens with one attached hydrogen (secondary N) is 1. The number of hydrogen-bond acceptors (Lipinski definition) is 6. The highest BCUT2D eigenvalue weighted by Gasteiger charge is 2.02. The molecule has 6 heteroatoms. The zero-order chi connectivity index (χ0) is 10.2. The molecule has 0 saturated heterocycles. The summed E-state index contributed by atoms with van der Waals surface area (Å²) >= 11 is 5.03. The molecule has 1 N–H and O–H groups in total. The Morgan fingerprint density at radius 1 is 1.50 bits per heavy atom. The van der Waals surface area contributed by atoms with Gasteiger partial charge in [0, 0.05) is 18.8 Å². The fraction of sp³-hybridized carbons (Fsp3) is 0.500. The lowest BCUT2D eigenvalue weighted by molar-refractivity contribution is 0.806. The lowest BCUT2D eigenvalue weighted by atomic mass is 10.6. The third-order valence-corrected chi connectivity index (χ3v) is 4.39. The van der Waals surface area contributed by atoms with Gasteiger partial charge >= 0.3 is 0 Å². The van der Waals surface area contributed by atoms with Crippen molar-refractivity contribution in [2.24, 2.45) is 0 Å². The summed E-state index contributed by atoms with van der Waals surface area (Å²) in [5, 5.41) is 11.3. The van der Waals surface area contributed by atoms with Gasteiger partial charge in [-0.05, 0) is 6.26 Å². The molecule has 78 valence electrons. The number of nitrogens with zero attached hydrogens (tertiary/aromatic N) is 2. The zero-order valence-electron chi connectivity index (χ0n) is 8.02. The molecule has 3 nitrogen and oxygen atoms in total. The Balaban J connectivity index is 2.14. The van der Waals surface area contributed by atoms with E-state index in [0.717, 1.165) is 27.5 Å². The van der Waals surface area contributed by atoms with Crippen LogP contribution in [0.15, 0.2) is 21.3 Å². The molecule has 0 spiro atoms. The minimum Gasteiger partial charge on any atom is -0.312 e. The second-order valence-electron chi connectivity index (χ2n) is 2.38. The van der Waals surface area contributed by atoms with Crippen molar-refractivity contribution in [2.75, 3.05) is 25.1 Å². The van der Waals surface area contributed by atoms with Crippen molar-refractivity contribution in [1.29, 1.82) is 0 Å². The average molecular weight is 247 g/mol. The highest BCUT2D eigenvalue weighted by molar-refractivity contribution is 8.02. The van der Waals surface area contributed by atoms with Crippen LogP contribution in [-0.2, 0) is 0 Å². The first-order valence-corrected chi connectivity index (χ1v) is 7.21. The lowest BCUT2D eigenvalue weighted by Crippen LogP contribution is -2.16. The van der Waals surface area contributed by atoms with Gasteiger partial charge in [-0.3, -0.25) is 0 Å². The molecule has 14 heavy (non-hydrogen) atoms. The van der Waals surface area contributed by atoms with Gasteiger partial charge in [0.2, 0.25) is 0 Å². The molecule has 0 bridgehead atoms. The molecule has 1 rings (SSSR count). The van der Waals surface area contributed by atoms with Crippen LogP contribution in [0.3, 0.4) is 0 Å². The van der Waals surface area contributed by atoms with Gasteiger partial charge in [-0.25, -0.2) is 0 Å². The minimum atomic E-state index is 0.868. The Morgan fingerprint density at radius 3 is 2.93 bits per heavy atom. The topological polar surface area (TPSA) is 37.8 Å². The van der Waals surface area contributed by atoms with E-state index in [0.29, 0.717) is 0 Å². The van der Waals surface area contributed by atoms with Gasteiger partial charge in [-0.2, -0.15) is 0 Å². The number of thioether (sulfide) groups is 2. The highest BCUT2D eigenvalue weighted by atomic mass is 32.2. The maximum Gasteiger partial charge on any atom is 0.175 e. The summed E-state index contributed by atoms with van der Waals surface area (Å²) in [7, 11) is 0. The summed E-state index contributed by atoms with van der Waals surface area (Å²) < 4.78 is 2.08. The lowest BCUT2D eigenvalue weighted by Gasteiger charge is -1.97. The van der Waals surface area contributed by atoms with Crippen molar-refractivity contribution in [3.63, 3.8) is 0 Å². The van der Waals surface area contributed by atoms with E-state index in [2.05, 4.69) is 22.1 Å². The molecular formula is C8H13N3S3. The molecule has 1 heterocycles. The first kappa shape index (κ1) is 12.0. The van der Waals surface area contributed by atoms with E-state index in [1.165, 1.54) is 0 Å². The van der Waals surface area contributed by atoms with Crippen LogP contribution in [0.4, 0.5) is 0 Å². The summed E-state index contributed by atoms with van der Waals surface area (Å²) in [5.41, 5.74) is 0. The highest BCUT2D eigenvalue weighted by Crippen LogP contribution is 2.26. The molecule has 0 aliphatic rings. The molecule has 0 unspecified atom stereocenters. The van der Waals surface area contributed by atoms with Crippen LogP contribution >= 0.6 is 34.9 Å². The Labute approximate surface area is 96.8 Å². The largest absolute Gasteiger partial charge is 0.312 e. The maximum atomic E-state index is 4.07. The van der Waals surface area contributed by atoms with Crippen molar-refractivity contribution in [3.05, 3.63) is 12.7 Å². The van der Waals surface area contributed by atoms with Crippen LogP contribution in [0.1, 0.15) is 0 Å². The van der Waals surface area contributed by atoms with Crippen molar-refractivity contribution in [1.82, 2.24) is 15.5 Å². The fourth-order valence-electron chi connectivity index (χ4n) is 0.753. The van der Waals surface area contributed by atoms with E-state index in [1.54, 1.807) is 34.9 Å². The SMILES string of the molecule is C=CCNCCSc1nnc(SC)s1. The Hall–Kier alpha value is -0.0400. The minimum absolute atomic E-state index is 0.868. The molecule has 0 aliphatic carbocycles. The normalized spacial score (nSPS) is 10.4. The smallest absolute Gasteiger partial charge is 0.175 e. The summed E-state index contributed by atoms with van der Waals surface area (Å²) in [4.78, 5) is 0. The van der Waals surface area contributed by atoms with Gasteiger partial charge in [0.1, 0.15) is 0 Å². The molecule has 0 amide bonds. The van der Waals surface area contributed by atoms with Crippen LogP contribution in [-0.4, -0.2) is 35.3 Å². The molecule has 0 aliphatic heterocycles. The summed E-state index contributed by atoms with van der Waals surface area (Å²) in [6.45, 7) is 5.48. The van der Waals surface area contributed by atoms with E-state index < -0.39 is 0 Å². The standard InChI is InChI=1S/C8H13N3S3/c1-3-4-9-5-6-13-8-11-10-7(12-2)14-8/h3,9H,1,4-6H2,2H3. The van der Waals surface area contributed by atoms with Crippen LogP contribution in [0.5, 0.6) is 0 Å². The number of hydrogen-bond donors (Lipinski definition) is 1. The van der Waals surface area contributed by atoms with Crippen LogP contribution < -0.4 is 5.32 Å². The van der Waals surface area contributed by atoms with Gasteiger partial charge in [0.15, 0.2) is 8.68 Å². The van der Waals surface area contributed by atoms with Crippen LogP contribution in [0.2, 0.25) is 0 Å². The molecule has 1 aromatic rings. The van der Waals surface area contributed by atoms with Gasteiger partial charge in [-0.15, -0.1) is 16.8 Å². The van der Waals surface area contributed by atoms with Gasteiger partial charge in [0.05, 0.1) is 0 Å². The van der Waals surface area contributed by atoms with Crippen molar-refractivity contribution < 1.29 is 0 Å². The zero-order valence-corrected chi connectivity index (χ0v) is 10.5. The fourth-order valence-corrected chi connectivity index (χ4v) is 3.16. The maximum absolute atomic E-state index is 4.07. The van der Waals surface area contributed by atoms with Crippen LogP contribution in [0, 0.1) is 0 Å². The average Bonchev–Trinajstić information content (AvgIpc) is 2.65. The Bertz CT molecular complexity index is 275. The van der Waals surface area contributed by atoms with E-state index in [4.69, 9.17) is 0 Å². The summed E-state index contributed by atoms with van der Waals surface area (Å²) in [6.07, 6.45) is 3.88. The molecular weight excluding hydrogens is 234 g/mol. The predicted octanol–water partition coefficient (Wildman–Crippen LogP) is 2.13.